The molecule has 0 aliphatic heterocycles. The summed E-state index contributed by atoms with van der Waals surface area (Å²) in [5.74, 6) is -0.315. The Bertz CT molecular complexity index is 589. The van der Waals surface area contributed by atoms with E-state index in [2.05, 4.69) is 0 Å². The maximum Gasteiger partial charge on any atom is 0.326 e. The number of nitrogens with zero attached hydrogens (tertiary/aromatic N) is 1. The van der Waals surface area contributed by atoms with Gasteiger partial charge in [-0.1, -0.05) is 6.07 Å². The summed E-state index contributed by atoms with van der Waals surface area (Å²) in [4.78, 5) is 11.0. The van der Waals surface area contributed by atoms with Crippen LogP contribution in [0.15, 0.2) is 24.3 Å². The molecule has 0 amide bonds. The zero-order valence-electron chi connectivity index (χ0n) is 10.4. The van der Waals surface area contributed by atoms with Crippen molar-refractivity contribution in [3.05, 3.63) is 30.0 Å². The van der Waals surface area contributed by atoms with Gasteiger partial charge < -0.3 is 20.1 Å². The van der Waals surface area contributed by atoms with Gasteiger partial charge in [0.05, 0.1) is 12.6 Å². The van der Waals surface area contributed by atoms with Gasteiger partial charge in [-0.05, 0) is 25.1 Å². The highest BCUT2D eigenvalue weighted by Gasteiger charge is 2.21. The number of carboxylic acid groups (broad SMARTS) is 1. The van der Waals surface area contributed by atoms with E-state index in [0.717, 1.165) is 16.7 Å². The summed E-state index contributed by atoms with van der Waals surface area (Å²) in [6.07, 6.45) is 0. The Labute approximate surface area is 105 Å². The normalized spacial score (nSPS) is 12.6. The highest BCUT2D eigenvalue weighted by Crippen LogP contribution is 2.30. The minimum atomic E-state index is -1.04. The van der Waals surface area contributed by atoms with Crippen LogP contribution in [0.25, 0.3) is 10.9 Å². The van der Waals surface area contributed by atoms with Gasteiger partial charge in [0.2, 0.25) is 0 Å². The third-order valence-electron chi connectivity index (χ3n) is 3.06. The highest BCUT2D eigenvalue weighted by molar-refractivity contribution is 5.89. The Hall–Kier alpha value is -2.01. The average Bonchev–Trinajstić information content (AvgIpc) is 2.75. The number of rotatable bonds is 4. The molecule has 0 saturated heterocycles. The summed E-state index contributed by atoms with van der Waals surface area (Å²) in [6, 6.07) is 6.42. The molecule has 18 heavy (non-hydrogen) atoms. The molecule has 0 spiro atoms. The van der Waals surface area contributed by atoms with Crippen LogP contribution in [0.4, 0.5) is 0 Å². The van der Waals surface area contributed by atoms with Crippen molar-refractivity contribution < 1.29 is 14.6 Å². The summed E-state index contributed by atoms with van der Waals surface area (Å²) in [6.45, 7) is 2.62. The first kappa shape index (κ1) is 12.4. The van der Waals surface area contributed by atoms with Gasteiger partial charge in [0, 0.05) is 17.6 Å². The van der Waals surface area contributed by atoms with Gasteiger partial charge in [0.1, 0.15) is 11.8 Å². The van der Waals surface area contributed by atoms with E-state index in [4.69, 9.17) is 15.6 Å². The largest absolute Gasteiger partial charge is 0.496 e. The van der Waals surface area contributed by atoms with Crippen molar-refractivity contribution in [1.29, 1.82) is 0 Å². The number of hydrogen-bond acceptors (Lipinski definition) is 3. The molecule has 1 heterocycles. The summed E-state index contributed by atoms with van der Waals surface area (Å²) in [5.41, 5.74) is 7.23. The summed E-state index contributed by atoms with van der Waals surface area (Å²) in [5, 5.41) is 9.92. The van der Waals surface area contributed by atoms with Crippen LogP contribution in [0.5, 0.6) is 5.75 Å². The summed E-state index contributed by atoms with van der Waals surface area (Å²) in [7, 11) is 1.59. The van der Waals surface area contributed by atoms with Crippen molar-refractivity contribution in [3.8, 4) is 5.75 Å². The van der Waals surface area contributed by atoms with Crippen LogP contribution in [-0.4, -0.2) is 22.8 Å². The van der Waals surface area contributed by atoms with Gasteiger partial charge >= 0.3 is 5.97 Å². The quantitative estimate of drug-likeness (QED) is 0.864. The number of ether oxygens (including phenoxy) is 1. The van der Waals surface area contributed by atoms with Crippen molar-refractivity contribution >= 4 is 16.9 Å². The van der Waals surface area contributed by atoms with Crippen molar-refractivity contribution in [1.82, 2.24) is 4.57 Å². The van der Waals surface area contributed by atoms with Crippen LogP contribution in [0.2, 0.25) is 0 Å². The fourth-order valence-corrected chi connectivity index (χ4v) is 2.19. The molecule has 5 heteroatoms. The van der Waals surface area contributed by atoms with E-state index in [9.17, 15) is 4.79 Å². The SMILES string of the molecule is CCn1c(C(N)C(=O)O)cc2c(OC)cccc21. The molecule has 1 aromatic carbocycles. The zero-order chi connectivity index (χ0) is 13.3. The van der Waals surface area contributed by atoms with Crippen molar-refractivity contribution in [2.24, 2.45) is 5.73 Å². The number of aromatic nitrogens is 1. The molecule has 2 rings (SSSR count). The molecule has 0 saturated carbocycles. The summed E-state index contributed by atoms with van der Waals surface area (Å²) >= 11 is 0. The lowest BCUT2D eigenvalue weighted by Crippen LogP contribution is -2.23. The van der Waals surface area contributed by atoms with Crippen LogP contribution >= 0.6 is 0 Å². The molecule has 5 nitrogen and oxygen atoms in total. The molecule has 2 aromatic rings. The standard InChI is InChI=1S/C13H16N2O3/c1-3-15-9-5-4-6-11(18-2)8(9)7-10(15)12(14)13(16)17/h4-7,12H,3,14H2,1-2H3,(H,16,17). The van der Waals surface area contributed by atoms with E-state index in [-0.39, 0.29) is 0 Å². The second kappa shape index (κ2) is 4.70. The topological polar surface area (TPSA) is 77.5 Å². The maximum atomic E-state index is 11.0. The highest BCUT2D eigenvalue weighted by atomic mass is 16.5. The van der Waals surface area contributed by atoms with Gasteiger partial charge in [-0.2, -0.15) is 0 Å². The van der Waals surface area contributed by atoms with E-state index in [1.54, 1.807) is 13.2 Å². The van der Waals surface area contributed by atoms with Crippen LogP contribution < -0.4 is 10.5 Å². The monoisotopic (exact) mass is 248 g/mol. The van der Waals surface area contributed by atoms with Gasteiger partial charge in [-0.25, -0.2) is 0 Å². The molecule has 0 radical (unpaired) electrons. The van der Waals surface area contributed by atoms with Crippen molar-refractivity contribution in [3.63, 3.8) is 0 Å². The third kappa shape index (κ3) is 1.82. The number of carboxylic acids is 1. The first-order valence-electron chi connectivity index (χ1n) is 5.74. The van der Waals surface area contributed by atoms with Gasteiger partial charge in [-0.15, -0.1) is 0 Å². The first-order chi connectivity index (χ1) is 8.60. The lowest BCUT2D eigenvalue weighted by molar-refractivity contribution is -0.138. The maximum absolute atomic E-state index is 11.0. The molecular formula is C13H16N2O3. The Kier molecular flexibility index (Phi) is 3.25. The number of benzene rings is 1. The predicted molar refractivity (Wildman–Crippen MR) is 68.7 cm³/mol. The number of carbonyl (C=O) groups is 1. The molecular weight excluding hydrogens is 232 g/mol. The molecule has 96 valence electrons. The molecule has 3 N–H and O–H groups in total. The second-order valence-electron chi connectivity index (χ2n) is 4.02. The molecule has 1 atom stereocenters. The Balaban J connectivity index is 2.71. The van der Waals surface area contributed by atoms with Crippen LogP contribution in [0.1, 0.15) is 18.7 Å². The van der Waals surface area contributed by atoms with Gasteiger partial charge in [-0.3, -0.25) is 4.79 Å². The van der Waals surface area contributed by atoms with Gasteiger partial charge in [0.25, 0.3) is 0 Å². The van der Waals surface area contributed by atoms with Gasteiger partial charge in [0.15, 0.2) is 0 Å². The predicted octanol–water partition coefficient (Wildman–Crippen LogP) is 1.75. The average molecular weight is 248 g/mol. The lowest BCUT2D eigenvalue weighted by atomic mass is 10.2. The van der Waals surface area contributed by atoms with Crippen molar-refractivity contribution in [2.75, 3.05) is 7.11 Å². The molecule has 1 aromatic heterocycles. The summed E-state index contributed by atoms with van der Waals surface area (Å²) < 4.78 is 7.18. The number of fused-ring (bicyclic) bond motifs is 1. The molecule has 1 unspecified atom stereocenters. The first-order valence-corrected chi connectivity index (χ1v) is 5.74. The Morgan fingerprint density at radius 1 is 1.56 bits per heavy atom. The Morgan fingerprint density at radius 3 is 2.83 bits per heavy atom. The minimum absolute atomic E-state index is 0.588. The Morgan fingerprint density at radius 2 is 2.28 bits per heavy atom. The van der Waals surface area contributed by atoms with Crippen LogP contribution in [-0.2, 0) is 11.3 Å². The number of methoxy groups -OCH3 is 1. The number of aliphatic carboxylic acids is 1. The number of nitrogens with two attached hydrogens (primary N) is 1. The fraction of sp³-hybridized carbons (Fsp3) is 0.308. The van der Waals surface area contributed by atoms with E-state index < -0.39 is 12.0 Å². The minimum Gasteiger partial charge on any atom is -0.496 e. The van der Waals surface area contributed by atoms with E-state index in [1.165, 1.54) is 0 Å². The van der Waals surface area contributed by atoms with Crippen molar-refractivity contribution in [2.45, 2.75) is 19.5 Å². The van der Waals surface area contributed by atoms with E-state index in [1.807, 2.05) is 29.7 Å². The molecule has 0 bridgehead atoms. The lowest BCUT2D eigenvalue weighted by Gasteiger charge is -2.11. The van der Waals surface area contributed by atoms with E-state index in [0.29, 0.717) is 12.2 Å². The second-order valence-corrected chi connectivity index (χ2v) is 4.02. The zero-order valence-corrected chi connectivity index (χ0v) is 10.4. The number of aryl methyl sites for hydroxylation is 1. The number of hydrogen-bond donors (Lipinski definition) is 2. The smallest absolute Gasteiger partial charge is 0.326 e. The molecule has 0 fully saturated rings. The van der Waals surface area contributed by atoms with E-state index >= 15 is 0 Å². The molecule has 0 aliphatic carbocycles. The van der Waals surface area contributed by atoms with Crippen LogP contribution in [0.3, 0.4) is 0 Å². The molecule has 0 aliphatic rings. The fourth-order valence-electron chi connectivity index (χ4n) is 2.19. The van der Waals surface area contributed by atoms with Crippen LogP contribution in [0, 0.1) is 0 Å². The third-order valence-corrected chi connectivity index (χ3v) is 3.06.